The van der Waals surface area contributed by atoms with Crippen LogP contribution in [0.4, 0.5) is 11.5 Å². The number of aryl methyl sites for hydroxylation is 1. The molecule has 0 spiro atoms. The number of pyridine rings is 1. The highest BCUT2D eigenvalue weighted by atomic mass is 32.2. The zero-order valence-corrected chi connectivity index (χ0v) is 20.3. The Morgan fingerprint density at radius 2 is 1.73 bits per heavy atom. The normalized spacial score (nSPS) is 20.4. The zero-order valence-electron chi connectivity index (χ0n) is 19.4. The summed E-state index contributed by atoms with van der Waals surface area (Å²) >= 11 is 0. The molecule has 2 saturated heterocycles. The SMILES string of the molecule is Cc1cccc(N2CCN(c3ccc4cc(S(=O)(=O)N5CCCCC5)ccc4n3)C[C@H]2C)c1. The van der Waals surface area contributed by atoms with E-state index in [4.69, 9.17) is 4.98 Å². The van der Waals surface area contributed by atoms with E-state index in [1.54, 1.807) is 16.4 Å². The standard InChI is InChI=1S/C26H32N4O2S/c1-20-7-6-8-23(17-20)30-16-15-28(19-21(30)2)26-12-9-22-18-24(10-11-25(22)27-26)33(31,32)29-13-4-3-5-14-29/h6-12,17-18,21H,3-5,13-16,19H2,1-2H3/t21-/m1/s1. The van der Waals surface area contributed by atoms with Gasteiger partial charge in [0.05, 0.1) is 10.4 Å². The van der Waals surface area contributed by atoms with Gasteiger partial charge in [-0.25, -0.2) is 13.4 Å². The topological polar surface area (TPSA) is 56.8 Å². The van der Waals surface area contributed by atoms with Gasteiger partial charge in [0, 0.05) is 49.8 Å². The van der Waals surface area contributed by atoms with E-state index in [1.165, 1.54) is 11.3 Å². The summed E-state index contributed by atoms with van der Waals surface area (Å²) in [7, 11) is -3.44. The van der Waals surface area contributed by atoms with Crippen LogP contribution < -0.4 is 9.80 Å². The molecule has 0 unspecified atom stereocenters. The fraction of sp³-hybridized carbons (Fsp3) is 0.423. The molecule has 5 rings (SSSR count). The van der Waals surface area contributed by atoms with Crippen LogP contribution in [0.1, 0.15) is 31.7 Å². The molecule has 0 amide bonds. The van der Waals surface area contributed by atoms with Gasteiger partial charge >= 0.3 is 0 Å². The third kappa shape index (κ3) is 4.44. The summed E-state index contributed by atoms with van der Waals surface area (Å²) in [5.41, 5.74) is 3.38. The lowest BCUT2D eigenvalue weighted by atomic mass is 10.1. The summed E-state index contributed by atoms with van der Waals surface area (Å²) in [6.45, 7) is 8.36. The van der Waals surface area contributed by atoms with E-state index in [2.05, 4.69) is 47.9 Å². The average Bonchev–Trinajstić information content (AvgIpc) is 2.84. The number of fused-ring (bicyclic) bond motifs is 1. The molecule has 0 radical (unpaired) electrons. The first kappa shape index (κ1) is 22.2. The first-order valence-corrected chi connectivity index (χ1v) is 13.3. The molecule has 0 saturated carbocycles. The van der Waals surface area contributed by atoms with Gasteiger partial charge in [-0.05, 0) is 74.7 Å². The number of piperidine rings is 1. The van der Waals surface area contributed by atoms with Crippen molar-refractivity contribution >= 4 is 32.4 Å². The summed E-state index contributed by atoms with van der Waals surface area (Å²) in [5.74, 6) is 0.949. The molecular formula is C26H32N4O2S. The maximum Gasteiger partial charge on any atom is 0.243 e. The number of piperazine rings is 1. The molecule has 2 aliphatic rings. The first-order chi connectivity index (χ1) is 15.9. The molecule has 1 aromatic heterocycles. The van der Waals surface area contributed by atoms with Crippen LogP contribution in [0.25, 0.3) is 10.9 Å². The van der Waals surface area contributed by atoms with Gasteiger partial charge < -0.3 is 9.80 Å². The Bertz CT molecular complexity index is 1250. The fourth-order valence-corrected chi connectivity index (χ4v) is 6.59. The average molecular weight is 465 g/mol. The molecule has 174 valence electrons. The van der Waals surface area contributed by atoms with Gasteiger partial charge in [-0.15, -0.1) is 0 Å². The van der Waals surface area contributed by atoms with Crippen LogP contribution in [0, 0.1) is 6.92 Å². The van der Waals surface area contributed by atoms with E-state index in [0.29, 0.717) is 24.0 Å². The highest BCUT2D eigenvalue weighted by Crippen LogP contribution is 2.27. The number of aromatic nitrogens is 1. The van der Waals surface area contributed by atoms with Gasteiger partial charge in [-0.3, -0.25) is 0 Å². The number of hydrogen-bond acceptors (Lipinski definition) is 5. The summed E-state index contributed by atoms with van der Waals surface area (Å²) in [4.78, 5) is 10.0. The molecule has 0 N–H and O–H groups in total. The summed E-state index contributed by atoms with van der Waals surface area (Å²) in [6.07, 6.45) is 2.98. The Kier molecular flexibility index (Phi) is 6.01. The van der Waals surface area contributed by atoms with E-state index in [9.17, 15) is 8.42 Å². The van der Waals surface area contributed by atoms with Gasteiger partial charge in [0.1, 0.15) is 5.82 Å². The number of rotatable bonds is 4. The van der Waals surface area contributed by atoms with Gasteiger partial charge in [0.25, 0.3) is 0 Å². The minimum absolute atomic E-state index is 0.367. The Morgan fingerprint density at radius 3 is 2.48 bits per heavy atom. The third-order valence-electron chi connectivity index (χ3n) is 6.88. The van der Waals surface area contributed by atoms with Gasteiger partial charge in [0.15, 0.2) is 0 Å². The highest BCUT2D eigenvalue weighted by Gasteiger charge is 2.27. The maximum atomic E-state index is 13.0. The van der Waals surface area contributed by atoms with Crippen LogP contribution >= 0.6 is 0 Å². The number of benzene rings is 2. The van der Waals surface area contributed by atoms with E-state index in [-0.39, 0.29) is 0 Å². The summed E-state index contributed by atoms with van der Waals surface area (Å²) in [5, 5.41) is 0.864. The molecule has 7 heteroatoms. The van der Waals surface area contributed by atoms with Crippen molar-refractivity contribution in [2.75, 3.05) is 42.5 Å². The predicted octanol–water partition coefficient (Wildman–Crippen LogP) is 4.43. The van der Waals surface area contributed by atoms with Gasteiger partial charge in [-0.1, -0.05) is 18.6 Å². The Labute approximate surface area is 196 Å². The van der Waals surface area contributed by atoms with Crippen molar-refractivity contribution in [3.05, 3.63) is 60.2 Å². The summed E-state index contributed by atoms with van der Waals surface area (Å²) in [6, 6.07) is 18.4. The Balaban J connectivity index is 1.34. The maximum absolute atomic E-state index is 13.0. The van der Waals surface area contributed by atoms with Crippen molar-refractivity contribution in [1.29, 1.82) is 0 Å². The smallest absolute Gasteiger partial charge is 0.243 e. The van der Waals surface area contributed by atoms with E-state index in [1.807, 2.05) is 18.2 Å². The lowest BCUT2D eigenvalue weighted by Crippen LogP contribution is -2.52. The molecule has 1 atom stereocenters. The van der Waals surface area contributed by atoms with Crippen molar-refractivity contribution in [3.63, 3.8) is 0 Å². The number of anilines is 2. The van der Waals surface area contributed by atoms with Gasteiger partial charge in [-0.2, -0.15) is 4.31 Å². The molecule has 0 bridgehead atoms. The second-order valence-corrected chi connectivity index (χ2v) is 11.3. The number of hydrogen-bond donors (Lipinski definition) is 0. The molecule has 6 nitrogen and oxygen atoms in total. The van der Waals surface area contributed by atoms with Crippen LogP contribution in [-0.4, -0.2) is 56.5 Å². The van der Waals surface area contributed by atoms with Crippen LogP contribution in [0.2, 0.25) is 0 Å². The second kappa shape index (κ2) is 8.95. The molecule has 3 aromatic rings. The van der Waals surface area contributed by atoms with E-state index >= 15 is 0 Å². The lowest BCUT2D eigenvalue weighted by Gasteiger charge is -2.42. The third-order valence-corrected chi connectivity index (χ3v) is 8.78. The van der Waals surface area contributed by atoms with Crippen molar-refractivity contribution in [3.8, 4) is 0 Å². The second-order valence-electron chi connectivity index (χ2n) is 9.32. The van der Waals surface area contributed by atoms with Crippen LogP contribution in [0.3, 0.4) is 0 Å². The van der Waals surface area contributed by atoms with Crippen LogP contribution in [0.5, 0.6) is 0 Å². The van der Waals surface area contributed by atoms with E-state index in [0.717, 1.165) is 55.6 Å². The molecular weight excluding hydrogens is 432 g/mol. The van der Waals surface area contributed by atoms with Crippen LogP contribution in [-0.2, 0) is 10.0 Å². The van der Waals surface area contributed by atoms with Crippen molar-refractivity contribution in [1.82, 2.24) is 9.29 Å². The molecule has 3 heterocycles. The van der Waals surface area contributed by atoms with Crippen LogP contribution in [0.15, 0.2) is 59.5 Å². The van der Waals surface area contributed by atoms with E-state index < -0.39 is 10.0 Å². The molecule has 33 heavy (non-hydrogen) atoms. The number of nitrogens with zero attached hydrogens (tertiary/aromatic N) is 4. The van der Waals surface area contributed by atoms with Crippen molar-refractivity contribution in [2.45, 2.75) is 44.0 Å². The molecule has 2 fully saturated rings. The molecule has 2 aliphatic heterocycles. The summed E-state index contributed by atoms with van der Waals surface area (Å²) < 4.78 is 27.7. The first-order valence-electron chi connectivity index (χ1n) is 11.9. The zero-order chi connectivity index (χ0) is 23.0. The van der Waals surface area contributed by atoms with Crippen molar-refractivity contribution in [2.24, 2.45) is 0 Å². The Hall–Kier alpha value is -2.64. The molecule has 2 aromatic carbocycles. The van der Waals surface area contributed by atoms with Crippen molar-refractivity contribution < 1.29 is 8.42 Å². The quantitative estimate of drug-likeness (QED) is 0.572. The number of sulfonamides is 1. The minimum Gasteiger partial charge on any atom is -0.365 e. The minimum atomic E-state index is -3.44. The monoisotopic (exact) mass is 464 g/mol. The fourth-order valence-electron chi connectivity index (χ4n) is 5.04. The molecule has 0 aliphatic carbocycles. The predicted molar refractivity (Wildman–Crippen MR) is 135 cm³/mol. The Morgan fingerprint density at radius 1 is 0.909 bits per heavy atom. The van der Waals surface area contributed by atoms with Gasteiger partial charge in [0.2, 0.25) is 10.0 Å². The lowest BCUT2D eigenvalue weighted by molar-refractivity contribution is 0.346. The highest BCUT2D eigenvalue weighted by molar-refractivity contribution is 7.89. The largest absolute Gasteiger partial charge is 0.365 e.